The molecule has 0 radical (unpaired) electrons. The van der Waals surface area contributed by atoms with Gasteiger partial charge in [-0.05, 0) is 17.7 Å². The molecule has 0 fully saturated rings. The Morgan fingerprint density at radius 2 is 2.44 bits per heavy atom. The van der Waals surface area contributed by atoms with Gasteiger partial charge in [0.25, 0.3) is 0 Å². The predicted molar refractivity (Wildman–Crippen MR) is 66.0 cm³/mol. The van der Waals surface area contributed by atoms with Crippen molar-refractivity contribution in [1.82, 2.24) is 5.43 Å². The number of halogens is 1. The molecule has 0 bridgehead atoms. The van der Waals surface area contributed by atoms with Crippen LogP contribution in [0.5, 0.6) is 5.75 Å². The second-order valence-corrected chi connectivity index (χ2v) is 3.64. The topological polar surface area (TPSA) is 76.7 Å². The summed E-state index contributed by atoms with van der Waals surface area (Å²) in [4.78, 5) is 10.4. The van der Waals surface area contributed by atoms with E-state index in [2.05, 4.69) is 26.5 Å². The fourth-order valence-electron chi connectivity index (χ4n) is 1.01. The SMILES string of the molecule is NC(=O)NN=Cc1cccc(OCCBr)c1. The maximum Gasteiger partial charge on any atom is 0.332 e. The fourth-order valence-corrected chi connectivity index (χ4v) is 1.17. The van der Waals surface area contributed by atoms with Gasteiger partial charge in [0, 0.05) is 5.33 Å². The van der Waals surface area contributed by atoms with Crippen molar-refractivity contribution in [2.75, 3.05) is 11.9 Å². The van der Waals surface area contributed by atoms with E-state index in [-0.39, 0.29) is 0 Å². The van der Waals surface area contributed by atoms with Crippen LogP contribution in [0.15, 0.2) is 29.4 Å². The van der Waals surface area contributed by atoms with E-state index in [9.17, 15) is 4.79 Å². The molecular formula is C10H12BrN3O2. The van der Waals surface area contributed by atoms with Gasteiger partial charge in [-0.25, -0.2) is 10.2 Å². The third kappa shape index (κ3) is 4.79. The average Bonchev–Trinajstić information content (AvgIpc) is 2.26. The molecule has 0 atom stereocenters. The van der Waals surface area contributed by atoms with Gasteiger partial charge >= 0.3 is 6.03 Å². The quantitative estimate of drug-likeness (QED) is 0.488. The number of hydrazone groups is 1. The first-order valence-electron chi connectivity index (χ1n) is 4.59. The van der Waals surface area contributed by atoms with Gasteiger partial charge in [-0.3, -0.25) is 0 Å². The van der Waals surface area contributed by atoms with Crippen molar-refractivity contribution in [3.63, 3.8) is 0 Å². The highest BCUT2D eigenvalue weighted by molar-refractivity contribution is 9.09. The Balaban J connectivity index is 2.59. The summed E-state index contributed by atoms with van der Waals surface area (Å²) >= 11 is 3.27. The number of primary amides is 1. The van der Waals surface area contributed by atoms with Crippen LogP contribution in [0.3, 0.4) is 0 Å². The van der Waals surface area contributed by atoms with Crippen LogP contribution in [0.1, 0.15) is 5.56 Å². The van der Waals surface area contributed by atoms with Crippen molar-refractivity contribution in [3.05, 3.63) is 29.8 Å². The predicted octanol–water partition coefficient (Wildman–Crippen LogP) is 1.46. The summed E-state index contributed by atoms with van der Waals surface area (Å²) in [6.07, 6.45) is 1.49. The summed E-state index contributed by atoms with van der Waals surface area (Å²) < 4.78 is 5.40. The molecule has 0 heterocycles. The van der Waals surface area contributed by atoms with Crippen molar-refractivity contribution in [3.8, 4) is 5.75 Å². The van der Waals surface area contributed by atoms with E-state index in [0.29, 0.717) is 6.61 Å². The third-order valence-electron chi connectivity index (χ3n) is 1.59. The summed E-state index contributed by atoms with van der Waals surface area (Å²) in [5.41, 5.74) is 7.80. The monoisotopic (exact) mass is 285 g/mol. The van der Waals surface area contributed by atoms with Crippen molar-refractivity contribution >= 4 is 28.2 Å². The molecule has 0 aliphatic heterocycles. The molecule has 0 aromatic heterocycles. The van der Waals surface area contributed by atoms with Crippen LogP contribution in [-0.4, -0.2) is 24.2 Å². The van der Waals surface area contributed by atoms with E-state index in [4.69, 9.17) is 10.5 Å². The number of benzene rings is 1. The summed E-state index contributed by atoms with van der Waals surface area (Å²) in [7, 11) is 0. The summed E-state index contributed by atoms with van der Waals surface area (Å²) in [5, 5.41) is 4.42. The molecule has 3 N–H and O–H groups in total. The Morgan fingerprint density at radius 1 is 1.62 bits per heavy atom. The van der Waals surface area contributed by atoms with Gasteiger partial charge in [0.05, 0.1) is 12.8 Å². The fraction of sp³-hybridized carbons (Fsp3) is 0.200. The summed E-state index contributed by atoms with van der Waals surface area (Å²) in [5.74, 6) is 0.752. The number of carbonyl (C=O) groups is 1. The van der Waals surface area contributed by atoms with E-state index in [1.165, 1.54) is 6.21 Å². The van der Waals surface area contributed by atoms with Crippen molar-refractivity contribution in [2.24, 2.45) is 10.8 Å². The van der Waals surface area contributed by atoms with Crippen LogP contribution in [0.2, 0.25) is 0 Å². The molecule has 1 rings (SSSR count). The molecule has 0 aliphatic carbocycles. The average molecular weight is 286 g/mol. The Labute approximate surface area is 102 Å². The molecule has 0 saturated carbocycles. The zero-order valence-corrected chi connectivity index (χ0v) is 10.1. The molecule has 16 heavy (non-hydrogen) atoms. The molecule has 1 aromatic carbocycles. The standard InChI is InChI=1S/C10H12BrN3O2/c11-4-5-16-9-3-1-2-8(6-9)7-13-14-10(12)15/h1-3,6-7H,4-5H2,(H3,12,14,15). The number of nitrogens with one attached hydrogen (secondary N) is 1. The van der Waals surface area contributed by atoms with Gasteiger partial charge in [-0.2, -0.15) is 5.10 Å². The van der Waals surface area contributed by atoms with Gasteiger partial charge in [0.1, 0.15) is 5.75 Å². The second kappa shape index (κ2) is 6.84. The van der Waals surface area contributed by atoms with Gasteiger partial charge in [0.15, 0.2) is 0 Å². The molecule has 5 nitrogen and oxygen atoms in total. The largest absolute Gasteiger partial charge is 0.493 e. The van der Waals surface area contributed by atoms with Crippen LogP contribution in [0, 0.1) is 0 Å². The Hall–Kier alpha value is -1.56. The summed E-state index contributed by atoms with van der Waals surface area (Å²) in [6, 6.07) is 6.65. The Kier molecular flexibility index (Phi) is 5.35. The minimum absolute atomic E-state index is 0.597. The van der Waals surface area contributed by atoms with Gasteiger partial charge in [-0.15, -0.1) is 0 Å². The van der Waals surface area contributed by atoms with E-state index >= 15 is 0 Å². The van der Waals surface area contributed by atoms with Crippen LogP contribution in [0.25, 0.3) is 0 Å². The molecular weight excluding hydrogens is 274 g/mol. The van der Waals surface area contributed by atoms with E-state index in [0.717, 1.165) is 16.6 Å². The van der Waals surface area contributed by atoms with Gasteiger partial charge < -0.3 is 10.5 Å². The maximum atomic E-state index is 10.4. The Morgan fingerprint density at radius 3 is 3.12 bits per heavy atom. The van der Waals surface area contributed by atoms with E-state index in [1.807, 2.05) is 24.3 Å². The molecule has 0 spiro atoms. The zero-order valence-electron chi connectivity index (χ0n) is 8.52. The number of alkyl halides is 1. The number of nitrogens with zero attached hydrogens (tertiary/aromatic N) is 1. The molecule has 0 aliphatic rings. The van der Waals surface area contributed by atoms with Crippen LogP contribution >= 0.6 is 15.9 Å². The molecule has 0 saturated heterocycles. The lowest BCUT2D eigenvalue weighted by atomic mass is 10.2. The van der Waals surface area contributed by atoms with Crippen molar-refractivity contribution in [1.29, 1.82) is 0 Å². The second-order valence-electron chi connectivity index (χ2n) is 2.84. The lowest BCUT2D eigenvalue weighted by molar-refractivity contribution is 0.249. The van der Waals surface area contributed by atoms with Gasteiger partial charge in [-0.1, -0.05) is 28.1 Å². The lowest BCUT2D eigenvalue weighted by Gasteiger charge is -2.03. The number of hydrogen-bond donors (Lipinski definition) is 2. The first kappa shape index (κ1) is 12.5. The number of nitrogens with two attached hydrogens (primary N) is 1. The lowest BCUT2D eigenvalue weighted by Crippen LogP contribution is -2.24. The van der Waals surface area contributed by atoms with E-state index in [1.54, 1.807) is 0 Å². The van der Waals surface area contributed by atoms with Crippen LogP contribution < -0.4 is 15.9 Å². The zero-order chi connectivity index (χ0) is 11.8. The van der Waals surface area contributed by atoms with Crippen molar-refractivity contribution < 1.29 is 9.53 Å². The van der Waals surface area contributed by atoms with Crippen LogP contribution in [0.4, 0.5) is 4.79 Å². The number of amides is 2. The first-order valence-corrected chi connectivity index (χ1v) is 5.72. The number of carbonyl (C=O) groups excluding carboxylic acids is 1. The van der Waals surface area contributed by atoms with Crippen LogP contribution in [-0.2, 0) is 0 Å². The van der Waals surface area contributed by atoms with Crippen molar-refractivity contribution in [2.45, 2.75) is 0 Å². The smallest absolute Gasteiger partial charge is 0.332 e. The molecule has 1 aromatic rings. The van der Waals surface area contributed by atoms with Gasteiger partial charge in [0.2, 0.25) is 0 Å². The Bertz CT molecular complexity index is 382. The third-order valence-corrected chi connectivity index (χ3v) is 1.92. The first-order chi connectivity index (χ1) is 7.72. The molecule has 2 amide bonds. The van der Waals surface area contributed by atoms with E-state index < -0.39 is 6.03 Å². The maximum absolute atomic E-state index is 10.4. The number of ether oxygens (including phenoxy) is 1. The number of urea groups is 1. The molecule has 0 unspecified atom stereocenters. The highest BCUT2D eigenvalue weighted by atomic mass is 79.9. The highest BCUT2D eigenvalue weighted by Crippen LogP contribution is 2.11. The normalized spacial score (nSPS) is 10.3. The minimum atomic E-state index is -0.692. The molecule has 6 heteroatoms. The summed E-state index contributed by atoms with van der Waals surface area (Å²) in [6.45, 7) is 0.597. The minimum Gasteiger partial charge on any atom is -0.493 e. The number of rotatable bonds is 5. The number of hydrogen-bond acceptors (Lipinski definition) is 3. The highest BCUT2D eigenvalue weighted by Gasteiger charge is 1.94. The molecule has 86 valence electrons.